The molecule has 11 nitrogen and oxygen atoms in total. The Morgan fingerprint density at radius 2 is 1.66 bits per heavy atom. The van der Waals surface area contributed by atoms with Crippen LogP contribution < -0.4 is 22.2 Å². The summed E-state index contributed by atoms with van der Waals surface area (Å²) in [7, 11) is -1.24. The Bertz CT molecular complexity index is 2010. The van der Waals surface area contributed by atoms with Gasteiger partial charge in [0.2, 0.25) is 5.43 Å². The van der Waals surface area contributed by atoms with Crippen LogP contribution in [0.5, 0.6) is 0 Å². The van der Waals surface area contributed by atoms with E-state index in [0.717, 1.165) is 17.2 Å². The summed E-state index contributed by atoms with van der Waals surface area (Å²) < 4.78 is 23.1. The summed E-state index contributed by atoms with van der Waals surface area (Å²) in [6.07, 6.45) is 4.67. The molecule has 0 aliphatic rings. The second-order valence-corrected chi connectivity index (χ2v) is 18.4. The Kier molecular flexibility index (Phi) is 9.40. The Balaban J connectivity index is 1.45. The molecule has 0 aliphatic heterocycles. The minimum Gasteiger partial charge on any atom is -0.383 e. The number of fused-ring (bicyclic) bond motifs is 1. The smallest absolute Gasteiger partial charge is 0.266 e. The van der Waals surface area contributed by atoms with Gasteiger partial charge in [-0.25, -0.2) is 14.4 Å². The highest BCUT2D eigenvalue weighted by atomic mass is 28.3. The van der Waals surface area contributed by atoms with Crippen molar-refractivity contribution < 1.29 is 18.7 Å². The average molecular weight is 656 g/mol. The lowest BCUT2D eigenvalue weighted by atomic mass is 9.99. The van der Waals surface area contributed by atoms with E-state index in [-0.39, 0.29) is 28.4 Å². The molecule has 0 atom stereocenters. The maximum atomic E-state index is 13.7. The molecule has 0 saturated heterocycles. The van der Waals surface area contributed by atoms with Gasteiger partial charge in [0.1, 0.15) is 41.6 Å². The van der Waals surface area contributed by atoms with Gasteiger partial charge in [-0.15, -0.1) is 0 Å². The molecule has 2 aromatic carbocycles. The molecule has 0 saturated carbocycles. The van der Waals surface area contributed by atoms with Gasteiger partial charge >= 0.3 is 0 Å². The van der Waals surface area contributed by atoms with E-state index in [4.69, 9.17) is 16.2 Å². The number of hydrogen-bond acceptors (Lipinski definition) is 7. The Morgan fingerprint density at radius 3 is 2.28 bits per heavy atom. The van der Waals surface area contributed by atoms with Crippen molar-refractivity contribution in [2.45, 2.75) is 52.3 Å². The highest BCUT2D eigenvalue weighted by molar-refractivity contribution is 6.76. The van der Waals surface area contributed by atoms with Crippen LogP contribution in [0.15, 0.2) is 72.0 Å². The van der Waals surface area contributed by atoms with Gasteiger partial charge in [0.25, 0.3) is 11.8 Å². The molecule has 3 aromatic heterocycles. The van der Waals surface area contributed by atoms with Crippen LogP contribution in [0.25, 0.3) is 33.3 Å². The third kappa shape index (κ3) is 7.15. The van der Waals surface area contributed by atoms with Crippen molar-refractivity contribution in [3.63, 3.8) is 0 Å². The molecule has 0 bridgehead atoms. The first-order valence-electron chi connectivity index (χ1n) is 15.2. The van der Waals surface area contributed by atoms with Gasteiger partial charge in [0, 0.05) is 44.4 Å². The maximum Gasteiger partial charge on any atom is 0.266 e. The SMILES string of the molecule is CC(C)n1cc(C(=O)Nc2ccc(-c3cn(COCC[Si](C)(C)C)c4ncnc(N)c34)cc2)c(=O)c(-c2ccc(F)cc2)c1C(N)=O. The zero-order valence-electron chi connectivity index (χ0n) is 27.0. The molecule has 0 unspecified atom stereocenters. The van der Waals surface area contributed by atoms with Crippen LogP contribution in [0.3, 0.4) is 0 Å². The van der Waals surface area contributed by atoms with Gasteiger partial charge < -0.3 is 30.7 Å². The van der Waals surface area contributed by atoms with Crippen molar-refractivity contribution in [1.82, 2.24) is 19.1 Å². The van der Waals surface area contributed by atoms with Crippen LogP contribution in [0.2, 0.25) is 25.7 Å². The van der Waals surface area contributed by atoms with Crippen LogP contribution in [-0.4, -0.2) is 45.6 Å². The number of amides is 2. The first-order chi connectivity index (χ1) is 22.2. The Morgan fingerprint density at radius 1 is 1.00 bits per heavy atom. The lowest BCUT2D eigenvalue weighted by Crippen LogP contribution is -2.31. The van der Waals surface area contributed by atoms with Crippen molar-refractivity contribution in [3.8, 4) is 22.3 Å². The number of primary amides is 1. The molecule has 0 aliphatic carbocycles. The Hall–Kier alpha value is -5.14. The molecule has 3 heterocycles. The molecule has 0 spiro atoms. The number of halogens is 1. The second-order valence-electron chi connectivity index (χ2n) is 12.8. The molecular weight excluding hydrogens is 618 g/mol. The quantitative estimate of drug-likeness (QED) is 0.118. The van der Waals surface area contributed by atoms with Crippen molar-refractivity contribution in [1.29, 1.82) is 0 Å². The van der Waals surface area contributed by atoms with Gasteiger partial charge in [0.05, 0.1) is 10.9 Å². The second kappa shape index (κ2) is 13.3. The number of nitrogens with two attached hydrogens (primary N) is 2. The number of rotatable bonds is 11. The molecule has 2 amide bonds. The minimum atomic E-state index is -1.24. The van der Waals surface area contributed by atoms with E-state index >= 15 is 0 Å². The predicted octanol–water partition coefficient (Wildman–Crippen LogP) is 5.89. The average Bonchev–Trinajstić information content (AvgIpc) is 3.39. The van der Waals surface area contributed by atoms with E-state index in [2.05, 4.69) is 34.9 Å². The van der Waals surface area contributed by atoms with Crippen LogP contribution >= 0.6 is 0 Å². The zero-order chi connectivity index (χ0) is 34.0. The lowest BCUT2D eigenvalue weighted by Gasteiger charge is -2.20. The summed E-state index contributed by atoms with van der Waals surface area (Å²) in [6.45, 7) is 11.4. The fourth-order valence-corrected chi connectivity index (χ4v) is 6.03. The molecular formula is C34H38FN7O4Si. The van der Waals surface area contributed by atoms with E-state index in [1.165, 1.54) is 41.4 Å². The fourth-order valence-electron chi connectivity index (χ4n) is 5.27. The summed E-state index contributed by atoms with van der Waals surface area (Å²) in [5.41, 5.74) is 13.9. The van der Waals surface area contributed by atoms with Gasteiger partial charge in [-0.2, -0.15) is 0 Å². The number of pyridine rings is 1. The zero-order valence-corrected chi connectivity index (χ0v) is 28.0. The highest BCUT2D eigenvalue weighted by Crippen LogP contribution is 2.33. The fraction of sp³-hybridized carbons (Fsp3) is 0.265. The number of hydrogen-bond donors (Lipinski definition) is 3. The summed E-state index contributed by atoms with van der Waals surface area (Å²) >= 11 is 0. The third-order valence-electron chi connectivity index (χ3n) is 7.77. The molecule has 47 heavy (non-hydrogen) atoms. The van der Waals surface area contributed by atoms with E-state index in [0.29, 0.717) is 35.9 Å². The molecule has 13 heteroatoms. The normalized spacial score (nSPS) is 11.7. The maximum absolute atomic E-state index is 13.7. The van der Waals surface area contributed by atoms with Crippen LogP contribution in [0, 0.1) is 5.82 Å². The summed E-state index contributed by atoms with van der Waals surface area (Å²) in [4.78, 5) is 48.4. The van der Waals surface area contributed by atoms with Crippen molar-refractivity contribution in [2.24, 2.45) is 5.73 Å². The third-order valence-corrected chi connectivity index (χ3v) is 9.47. The molecule has 244 valence electrons. The minimum absolute atomic E-state index is 0.0682. The highest BCUT2D eigenvalue weighted by Gasteiger charge is 2.25. The summed E-state index contributed by atoms with van der Waals surface area (Å²) in [5.74, 6) is -1.70. The summed E-state index contributed by atoms with van der Waals surface area (Å²) in [6, 6.07) is 12.9. The first-order valence-corrected chi connectivity index (χ1v) is 18.9. The van der Waals surface area contributed by atoms with Crippen LogP contribution in [0.4, 0.5) is 15.9 Å². The molecule has 5 N–H and O–H groups in total. The van der Waals surface area contributed by atoms with Gasteiger partial charge in [0.15, 0.2) is 0 Å². The van der Waals surface area contributed by atoms with Crippen LogP contribution in [0.1, 0.15) is 40.7 Å². The van der Waals surface area contributed by atoms with Crippen molar-refractivity contribution >= 4 is 42.4 Å². The Labute approximate surface area is 272 Å². The van der Waals surface area contributed by atoms with Gasteiger partial charge in [-0.3, -0.25) is 14.4 Å². The number of aromatic nitrogens is 4. The number of benzene rings is 2. The van der Waals surface area contributed by atoms with Gasteiger partial charge in [-0.1, -0.05) is 43.9 Å². The standard InChI is InChI=1S/C34H38FN7O4Si/c1-20(2)42-17-26(30(43)27(29(42)32(37)44)22-6-10-23(35)11-7-22)34(45)40-24-12-8-21(9-13-24)25-16-41(19-46-14-15-47(3,4)5)33-28(25)31(36)38-18-39-33/h6-13,16-18,20H,14-15,19H2,1-5H3,(H2,37,44)(H,40,45)(H2,36,38,39). The van der Waals surface area contributed by atoms with Crippen molar-refractivity contribution in [3.05, 3.63) is 94.5 Å². The number of anilines is 2. The molecule has 5 rings (SSSR count). The van der Waals surface area contributed by atoms with E-state index < -0.39 is 31.1 Å². The first kappa shape index (κ1) is 33.2. The van der Waals surface area contributed by atoms with E-state index in [9.17, 15) is 18.8 Å². The lowest BCUT2D eigenvalue weighted by molar-refractivity contribution is 0.0899. The number of carbonyl (C=O) groups is 2. The van der Waals surface area contributed by atoms with Crippen molar-refractivity contribution in [2.75, 3.05) is 17.7 Å². The molecule has 0 radical (unpaired) electrons. The number of nitrogen functional groups attached to an aromatic ring is 1. The van der Waals surface area contributed by atoms with Gasteiger partial charge in [-0.05, 0) is 55.3 Å². The number of ether oxygens (including phenoxy) is 1. The summed E-state index contributed by atoms with van der Waals surface area (Å²) in [5, 5.41) is 3.47. The van der Waals surface area contributed by atoms with E-state index in [1.807, 2.05) is 22.9 Å². The number of nitrogens with zero attached hydrogens (tertiary/aromatic N) is 4. The topological polar surface area (TPSA) is 160 Å². The number of carbonyl (C=O) groups excluding carboxylic acids is 2. The molecule has 0 fully saturated rings. The van der Waals surface area contributed by atoms with E-state index in [1.54, 1.807) is 26.0 Å². The molecule has 5 aromatic rings. The predicted molar refractivity (Wildman–Crippen MR) is 184 cm³/mol. The van der Waals surface area contributed by atoms with Crippen LogP contribution in [-0.2, 0) is 11.5 Å². The monoisotopic (exact) mass is 655 g/mol. The largest absolute Gasteiger partial charge is 0.383 e. The number of nitrogens with one attached hydrogen (secondary N) is 1.